The topological polar surface area (TPSA) is 105 Å². The Morgan fingerprint density at radius 2 is 0.874 bits per heavy atom. The second-order valence-electron chi connectivity index (χ2n) is 26.3. The highest BCUT2D eigenvalue weighted by Gasteiger charge is 2.35. The van der Waals surface area contributed by atoms with E-state index in [0.717, 1.165) is 145 Å². The predicted octanol–water partition coefficient (Wildman–Crippen LogP) is 23.2. The number of aliphatic hydroxyl groups excluding tert-OH is 1. The van der Waals surface area contributed by atoms with E-state index >= 15 is 0 Å². The molecule has 103 heavy (non-hydrogen) atoms. The normalized spacial score (nSPS) is 13.8. The van der Waals surface area contributed by atoms with Crippen LogP contribution in [0.2, 0.25) is 15.1 Å². The molecule has 0 amide bonds. The third kappa shape index (κ3) is 20.4. The Bertz CT molecular complexity index is 4380. The molecule has 3 heterocycles. The zero-order valence-corrected chi connectivity index (χ0v) is 66.5. The van der Waals surface area contributed by atoms with Crippen molar-refractivity contribution in [3.63, 3.8) is 0 Å². The van der Waals surface area contributed by atoms with Gasteiger partial charge in [-0.15, -0.1) is 53.3 Å². The number of aryl methyl sites for hydroxylation is 8. The summed E-state index contributed by atoms with van der Waals surface area (Å²) in [5, 5.41) is 17.9. The third-order valence-corrected chi connectivity index (χ3v) is 23.0. The molecule has 9 aromatic rings. The van der Waals surface area contributed by atoms with E-state index in [4.69, 9.17) is 83.2 Å². The standard InChI is InChI=1S/C28H30ClFN2OS.C27H28ClFN2O2S.C25H28ClFN2OS.C3H3Br/c1-6-12-32(25(14-19-8-9-19)21-11-10-20(7-2)24(30)15-21)28-31-27(18(4)34-28)22-13-17(3)26(33-5)16-23(22)29;1-5-10-31(24(12-18-6-7-18)19-8-9-20(15-32)23(29)13-19)27-30-26(17(3)34-27)21-11-16(2)25(33-4)14-22(21)28;1-5-17-8-9-18(12-21(17)27)22(11-16-6-7-16)28-25-29-24(15(3)31-25)19-10-14(2)23(30-4)13-20(19)26;1-2-3-4/h1,10-11,13,15-16,19,25H,7-9,12,14H2,2-5H3;1,8-9,11,13-14,18,24,32H,6-7,10,12,15H2,2-4H3;8-10,12-13,16,22H,5-7,11H2,1-4H3,(H,28,29);1H,3H2/t25-;24-;22-;/m000./s1. The third-order valence-electron chi connectivity index (χ3n) is 18.8. The van der Waals surface area contributed by atoms with Gasteiger partial charge in [-0.2, -0.15) is 0 Å². The van der Waals surface area contributed by atoms with Gasteiger partial charge in [0.2, 0.25) is 0 Å². The summed E-state index contributed by atoms with van der Waals surface area (Å²) in [4.78, 5) is 22.3. The molecule has 10 nitrogen and oxygen atoms in total. The SMILES string of the molecule is C#CCBr.C#CCN(c1nc(-c2cc(C)c(OC)cc2Cl)c(C)s1)[C@@H](CC1CC1)c1ccc(CC)c(F)c1.C#CCN(c1nc(-c2cc(C)c(OC)cc2Cl)c(C)s1)[C@@H](CC1CC1)c1ccc(CO)c(F)c1.CCc1ccc([C@H](CC2CC2)Nc2nc(-c3cc(C)c(OC)cc3Cl)c(C)s2)cc1F. The fraction of sp³-hybridized carbons (Fsp3) is 0.386. The lowest BCUT2D eigenvalue weighted by molar-refractivity contribution is 0.275. The van der Waals surface area contributed by atoms with Gasteiger partial charge in [-0.05, 0) is 191 Å². The summed E-state index contributed by atoms with van der Waals surface area (Å²) < 4.78 is 60.0. The highest BCUT2D eigenvalue weighted by atomic mass is 79.9. The van der Waals surface area contributed by atoms with E-state index in [2.05, 4.69) is 55.7 Å². The molecule has 542 valence electrons. The minimum Gasteiger partial charge on any atom is -0.496 e. The van der Waals surface area contributed by atoms with Crippen molar-refractivity contribution < 1.29 is 32.5 Å². The van der Waals surface area contributed by atoms with Crippen molar-refractivity contribution >= 4 is 100 Å². The van der Waals surface area contributed by atoms with E-state index < -0.39 is 5.82 Å². The molecule has 3 aliphatic carbocycles. The highest BCUT2D eigenvalue weighted by Crippen LogP contribution is 2.49. The van der Waals surface area contributed by atoms with E-state index in [1.54, 1.807) is 73.5 Å². The minimum atomic E-state index is -0.405. The average molecular weight is 1570 g/mol. The largest absolute Gasteiger partial charge is 0.496 e. The lowest BCUT2D eigenvalue weighted by Crippen LogP contribution is -2.29. The molecule has 0 saturated heterocycles. The maximum Gasteiger partial charge on any atom is 0.187 e. The van der Waals surface area contributed by atoms with Crippen LogP contribution in [0.4, 0.5) is 28.6 Å². The summed E-state index contributed by atoms with van der Waals surface area (Å²) in [5.74, 6) is 11.4. The van der Waals surface area contributed by atoms with Gasteiger partial charge in [0.05, 0.1) is 96.6 Å². The quantitative estimate of drug-likeness (QED) is 0.0402. The molecule has 0 bridgehead atoms. The van der Waals surface area contributed by atoms with Crippen LogP contribution in [0.25, 0.3) is 33.8 Å². The smallest absolute Gasteiger partial charge is 0.187 e. The number of rotatable bonds is 26. The number of nitrogens with zero attached hydrogens (tertiary/aromatic N) is 5. The first-order chi connectivity index (χ1) is 49.5. The molecule has 0 unspecified atom stereocenters. The van der Waals surface area contributed by atoms with Crippen molar-refractivity contribution in [3.05, 3.63) is 188 Å². The summed E-state index contributed by atoms with van der Waals surface area (Å²) in [5.41, 5.74) is 12.7. The minimum absolute atomic E-state index is 0.0320. The van der Waals surface area contributed by atoms with Crippen molar-refractivity contribution in [1.82, 2.24) is 15.0 Å². The summed E-state index contributed by atoms with van der Waals surface area (Å²) >= 11 is 27.5. The second kappa shape index (κ2) is 37.2. The summed E-state index contributed by atoms with van der Waals surface area (Å²) in [6.45, 7) is 16.5. The van der Waals surface area contributed by atoms with Crippen LogP contribution < -0.4 is 29.3 Å². The number of hydrogen-bond acceptors (Lipinski definition) is 13. The van der Waals surface area contributed by atoms with Crippen molar-refractivity contribution in [3.8, 4) is 88.1 Å². The first-order valence-corrected chi connectivity index (χ1v) is 39.3. The summed E-state index contributed by atoms with van der Waals surface area (Å²) in [6, 6.07) is 27.7. The van der Waals surface area contributed by atoms with E-state index in [9.17, 15) is 18.3 Å². The number of nitrogens with one attached hydrogen (secondary N) is 1. The van der Waals surface area contributed by atoms with E-state index in [1.165, 1.54) is 44.6 Å². The Hall–Kier alpha value is -7.21. The molecule has 3 aliphatic rings. The molecule has 6 aromatic carbocycles. The number of ether oxygens (including phenoxy) is 3. The summed E-state index contributed by atoms with van der Waals surface area (Å²) in [7, 11) is 4.90. The van der Waals surface area contributed by atoms with Crippen LogP contribution in [-0.4, -0.2) is 59.8 Å². The predicted molar refractivity (Wildman–Crippen MR) is 428 cm³/mol. The van der Waals surface area contributed by atoms with Crippen LogP contribution in [0, 0.1) is 114 Å². The Morgan fingerprint density at radius 1 is 0.524 bits per heavy atom. The molecule has 2 N–H and O–H groups in total. The van der Waals surface area contributed by atoms with Crippen LogP contribution in [0.5, 0.6) is 17.2 Å². The van der Waals surface area contributed by atoms with Crippen LogP contribution in [0.15, 0.2) is 91.0 Å². The van der Waals surface area contributed by atoms with Gasteiger partial charge in [-0.25, -0.2) is 28.1 Å². The number of anilines is 3. The second-order valence-corrected chi connectivity index (χ2v) is 31.7. The zero-order valence-electron chi connectivity index (χ0n) is 60.2. The molecule has 20 heteroatoms. The van der Waals surface area contributed by atoms with Crippen LogP contribution in [-0.2, 0) is 19.4 Å². The van der Waals surface area contributed by atoms with Crippen molar-refractivity contribution in [2.75, 3.05) is 54.9 Å². The fourth-order valence-electron chi connectivity index (χ4n) is 12.6. The fourth-order valence-corrected chi connectivity index (χ4v) is 16.1. The zero-order chi connectivity index (χ0) is 74.3. The van der Waals surface area contributed by atoms with Crippen molar-refractivity contribution in [2.24, 2.45) is 17.8 Å². The molecule has 3 atom stereocenters. The number of alkyl halides is 1. The molecule has 3 saturated carbocycles. The number of benzene rings is 6. The van der Waals surface area contributed by atoms with Crippen LogP contribution in [0.1, 0.15) is 154 Å². The number of aromatic nitrogens is 3. The molecular formula is C83H89BrCl3F3N6O4S3. The Labute approximate surface area is 642 Å². The Kier molecular flexibility index (Phi) is 28.8. The lowest BCUT2D eigenvalue weighted by Gasteiger charge is -2.31. The van der Waals surface area contributed by atoms with Gasteiger partial charge in [-0.3, -0.25) is 0 Å². The van der Waals surface area contributed by atoms with Gasteiger partial charge >= 0.3 is 0 Å². The van der Waals surface area contributed by atoms with Gasteiger partial charge in [-0.1, -0.05) is 157 Å². The molecule has 0 spiro atoms. The monoisotopic (exact) mass is 1570 g/mol. The maximum absolute atomic E-state index is 14.8. The molecule has 0 radical (unpaired) electrons. The number of hydrogen-bond donors (Lipinski definition) is 2. The number of terminal acetylenes is 3. The Balaban J connectivity index is 0.000000175. The number of methoxy groups -OCH3 is 3. The van der Waals surface area contributed by atoms with Crippen molar-refractivity contribution in [2.45, 2.75) is 151 Å². The number of aliphatic hydroxyl groups is 1. The highest BCUT2D eigenvalue weighted by molar-refractivity contribution is 9.09. The van der Waals surface area contributed by atoms with Gasteiger partial charge in [0, 0.05) is 36.9 Å². The van der Waals surface area contributed by atoms with Crippen LogP contribution >= 0.6 is 84.7 Å². The number of halogens is 7. The van der Waals surface area contributed by atoms with Gasteiger partial charge in [0.1, 0.15) is 34.7 Å². The molecule has 3 fully saturated rings. The first kappa shape index (κ1) is 79.9. The lowest BCUT2D eigenvalue weighted by atomic mass is 9.97. The van der Waals surface area contributed by atoms with E-state index in [1.807, 2.05) is 115 Å². The van der Waals surface area contributed by atoms with Crippen molar-refractivity contribution in [1.29, 1.82) is 0 Å². The molecule has 3 aromatic heterocycles. The maximum atomic E-state index is 14.8. The molecule has 12 rings (SSSR count). The van der Waals surface area contributed by atoms with E-state index in [0.29, 0.717) is 64.1 Å². The van der Waals surface area contributed by atoms with Gasteiger partial charge < -0.3 is 34.4 Å². The Morgan fingerprint density at radius 3 is 1.21 bits per heavy atom. The number of thiazole rings is 3. The average Bonchev–Trinajstić information content (AvgIpc) is 1.27. The molecular weight excluding hydrogens is 1480 g/mol. The van der Waals surface area contributed by atoms with Gasteiger partial charge in [0.15, 0.2) is 15.4 Å². The molecule has 0 aliphatic heterocycles. The summed E-state index contributed by atoms with van der Waals surface area (Å²) in [6.07, 6.45) is 27.7. The van der Waals surface area contributed by atoms with Crippen LogP contribution in [0.3, 0.4) is 0 Å². The van der Waals surface area contributed by atoms with Gasteiger partial charge in [0.25, 0.3) is 0 Å². The van der Waals surface area contributed by atoms with E-state index in [-0.39, 0.29) is 41.9 Å². The first-order valence-electron chi connectivity index (χ1n) is 34.6.